The predicted octanol–water partition coefficient (Wildman–Crippen LogP) is 0.872. The number of nitrogens with one attached hydrogen (secondary N) is 1. The maximum atomic E-state index is 12.4. The predicted molar refractivity (Wildman–Crippen MR) is 93.0 cm³/mol. The van der Waals surface area contributed by atoms with Crippen molar-refractivity contribution in [3.05, 3.63) is 27.9 Å². The Labute approximate surface area is 147 Å². The average molecular weight is 346 g/mol. The molecular weight excluding hydrogens is 320 g/mol. The molecule has 1 aromatic rings. The first-order chi connectivity index (χ1) is 12.0. The van der Waals surface area contributed by atoms with Gasteiger partial charge in [0.15, 0.2) is 0 Å². The minimum atomic E-state index is -0.231. The number of hydrogen-bond donors (Lipinski definition) is 1. The van der Waals surface area contributed by atoms with E-state index in [2.05, 4.69) is 9.97 Å². The van der Waals surface area contributed by atoms with Crippen molar-refractivity contribution >= 4 is 11.8 Å². The topological polar surface area (TPSA) is 86.4 Å². The van der Waals surface area contributed by atoms with Crippen molar-refractivity contribution in [3.63, 3.8) is 0 Å². The van der Waals surface area contributed by atoms with Gasteiger partial charge in [-0.15, -0.1) is 0 Å². The molecule has 1 aromatic heterocycles. The normalized spacial score (nSPS) is 18.8. The van der Waals surface area contributed by atoms with E-state index < -0.39 is 0 Å². The largest absolute Gasteiger partial charge is 0.343 e. The zero-order valence-corrected chi connectivity index (χ0v) is 14.8. The summed E-state index contributed by atoms with van der Waals surface area (Å²) in [6.07, 6.45) is 6.24. The summed E-state index contributed by atoms with van der Waals surface area (Å²) in [7, 11) is 0. The lowest BCUT2D eigenvalue weighted by atomic mass is 9.93. The number of rotatable bonds is 5. The minimum Gasteiger partial charge on any atom is -0.343 e. The molecule has 2 saturated heterocycles. The molecule has 2 amide bonds. The maximum absolute atomic E-state index is 12.4. The summed E-state index contributed by atoms with van der Waals surface area (Å²) in [4.78, 5) is 46.4. The molecule has 0 spiro atoms. The first kappa shape index (κ1) is 17.6. The molecule has 0 atom stereocenters. The summed E-state index contributed by atoms with van der Waals surface area (Å²) in [5.74, 6) is 1.40. The smallest absolute Gasteiger partial charge is 0.254 e. The molecule has 2 fully saturated rings. The molecule has 2 aliphatic rings. The summed E-state index contributed by atoms with van der Waals surface area (Å²) in [6.45, 7) is 4.92. The highest BCUT2D eigenvalue weighted by Crippen LogP contribution is 2.22. The second kappa shape index (κ2) is 7.80. The second-order valence-corrected chi connectivity index (χ2v) is 7.10. The average Bonchev–Trinajstić information content (AvgIpc) is 3.01. The van der Waals surface area contributed by atoms with E-state index in [1.807, 2.05) is 9.80 Å². The van der Waals surface area contributed by atoms with Gasteiger partial charge in [-0.25, -0.2) is 4.98 Å². The number of hydrogen-bond acceptors (Lipinski definition) is 4. The molecule has 0 bridgehead atoms. The lowest BCUT2D eigenvalue weighted by Crippen LogP contribution is -2.40. The van der Waals surface area contributed by atoms with Gasteiger partial charge in [0, 0.05) is 44.4 Å². The Hall–Kier alpha value is -2.18. The number of likely N-dealkylation sites (tertiary alicyclic amines) is 2. The van der Waals surface area contributed by atoms with Crippen molar-refractivity contribution in [2.24, 2.45) is 5.92 Å². The fourth-order valence-corrected chi connectivity index (χ4v) is 3.66. The maximum Gasteiger partial charge on any atom is 0.254 e. The molecule has 0 radical (unpaired) electrons. The number of piperidine rings is 1. The minimum absolute atomic E-state index is 0.00989. The third kappa shape index (κ3) is 4.46. The van der Waals surface area contributed by atoms with Crippen LogP contribution in [0.3, 0.4) is 0 Å². The highest BCUT2D eigenvalue weighted by molar-refractivity contribution is 5.78. The molecule has 3 rings (SSSR count). The van der Waals surface area contributed by atoms with Crippen molar-refractivity contribution in [1.29, 1.82) is 0 Å². The number of amides is 2. The van der Waals surface area contributed by atoms with Crippen LogP contribution < -0.4 is 5.56 Å². The number of carbonyl (C=O) groups is 2. The zero-order chi connectivity index (χ0) is 17.8. The number of aromatic nitrogens is 2. The van der Waals surface area contributed by atoms with Crippen LogP contribution in [0.5, 0.6) is 0 Å². The standard InChI is InChI=1S/C18H26N4O3/c1-13-19-12-15(18(25)20-13)11-17(24)22-9-5-14(6-10-22)4-8-21-7-2-3-16(21)23/h12,14H,2-11H2,1H3,(H,19,20,25). The number of carbonyl (C=O) groups excluding carboxylic acids is 2. The van der Waals surface area contributed by atoms with E-state index in [9.17, 15) is 14.4 Å². The molecule has 2 aliphatic heterocycles. The summed E-state index contributed by atoms with van der Waals surface area (Å²) in [5, 5.41) is 0. The number of nitrogens with zero attached hydrogens (tertiary/aromatic N) is 3. The van der Waals surface area contributed by atoms with Gasteiger partial charge < -0.3 is 14.8 Å². The highest BCUT2D eigenvalue weighted by atomic mass is 16.2. The van der Waals surface area contributed by atoms with Gasteiger partial charge in [-0.1, -0.05) is 0 Å². The molecule has 1 N–H and O–H groups in total. The van der Waals surface area contributed by atoms with E-state index >= 15 is 0 Å². The summed E-state index contributed by atoms with van der Waals surface area (Å²) >= 11 is 0. The number of H-pyrrole nitrogens is 1. The highest BCUT2D eigenvalue weighted by Gasteiger charge is 2.25. The fourth-order valence-electron chi connectivity index (χ4n) is 3.66. The first-order valence-corrected chi connectivity index (χ1v) is 9.13. The van der Waals surface area contributed by atoms with Gasteiger partial charge in [0.2, 0.25) is 11.8 Å². The number of aromatic amines is 1. The SMILES string of the molecule is Cc1ncc(CC(=O)N2CCC(CCN3CCCC3=O)CC2)c(=O)[nH]1. The first-order valence-electron chi connectivity index (χ1n) is 9.13. The van der Waals surface area contributed by atoms with E-state index in [1.165, 1.54) is 6.20 Å². The van der Waals surface area contributed by atoms with Gasteiger partial charge in [0.05, 0.1) is 6.42 Å². The van der Waals surface area contributed by atoms with Gasteiger partial charge in [0.1, 0.15) is 5.82 Å². The molecule has 0 aliphatic carbocycles. The Morgan fingerprint density at radius 3 is 2.68 bits per heavy atom. The Bertz CT molecular complexity index is 692. The Balaban J connectivity index is 1.44. The molecule has 136 valence electrons. The van der Waals surface area contributed by atoms with Gasteiger partial charge in [-0.2, -0.15) is 0 Å². The van der Waals surface area contributed by atoms with Crippen molar-refractivity contribution in [1.82, 2.24) is 19.8 Å². The molecule has 25 heavy (non-hydrogen) atoms. The van der Waals surface area contributed by atoms with Crippen LogP contribution in [0, 0.1) is 12.8 Å². The summed E-state index contributed by atoms with van der Waals surface area (Å²) in [5.41, 5.74) is 0.191. The monoisotopic (exact) mass is 346 g/mol. The van der Waals surface area contributed by atoms with Crippen LogP contribution >= 0.6 is 0 Å². The van der Waals surface area contributed by atoms with Gasteiger partial charge >= 0.3 is 0 Å². The molecule has 3 heterocycles. The summed E-state index contributed by atoms with van der Waals surface area (Å²) < 4.78 is 0. The molecular formula is C18H26N4O3. The lowest BCUT2D eigenvalue weighted by Gasteiger charge is -2.32. The van der Waals surface area contributed by atoms with Crippen LogP contribution in [0.15, 0.2) is 11.0 Å². The van der Waals surface area contributed by atoms with E-state index in [0.717, 1.165) is 51.9 Å². The Kier molecular flexibility index (Phi) is 5.50. The molecule has 7 nitrogen and oxygen atoms in total. The van der Waals surface area contributed by atoms with Crippen molar-refractivity contribution < 1.29 is 9.59 Å². The molecule has 0 unspecified atom stereocenters. The third-order valence-corrected chi connectivity index (χ3v) is 5.29. The van der Waals surface area contributed by atoms with E-state index in [1.54, 1.807) is 6.92 Å². The number of aryl methyl sites for hydroxylation is 1. The quantitative estimate of drug-likeness (QED) is 0.857. The van der Waals surface area contributed by atoms with Gasteiger partial charge in [-0.05, 0) is 38.5 Å². The van der Waals surface area contributed by atoms with Crippen molar-refractivity contribution in [3.8, 4) is 0 Å². The molecule has 0 aromatic carbocycles. The Morgan fingerprint density at radius 2 is 2.04 bits per heavy atom. The molecule has 7 heteroatoms. The summed E-state index contributed by atoms with van der Waals surface area (Å²) in [6, 6.07) is 0. The van der Waals surface area contributed by atoms with Crippen LogP contribution in [0.4, 0.5) is 0 Å². The second-order valence-electron chi connectivity index (χ2n) is 7.10. The van der Waals surface area contributed by atoms with E-state index in [4.69, 9.17) is 0 Å². The zero-order valence-electron chi connectivity index (χ0n) is 14.8. The fraction of sp³-hybridized carbons (Fsp3) is 0.667. The van der Waals surface area contributed by atoms with E-state index in [-0.39, 0.29) is 23.8 Å². The van der Waals surface area contributed by atoms with Crippen molar-refractivity contribution in [2.45, 2.75) is 45.4 Å². The van der Waals surface area contributed by atoms with Gasteiger partial charge in [-0.3, -0.25) is 14.4 Å². The Morgan fingerprint density at radius 1 is 1.28 bits per heavy atom. The van der Waals surface area contributed by atoms with Gasteiger partial charge in [0.25, 0.3) is 5.56 Å². The van der Waals surface area contributed by atoms with Crippen LogP contribution in [0.1, 0.15) is 43.5 Å². The van der Waals surface area contributed by atoms with Crippen LogP contribution in [-0.2, 0) is 16.0 Å². The van der Waals surface area contributed by atoms with E-state index in [0.29, 0.717) is 23.7 Å². The van der Waals surface area contributed by atoms with Crippen LogP contribution in [0.25, 0.3) is 0 Å². The lowest BCUT2D eigenvalue weighted by molar-refractivity contribution is -0.131. The molecule has 0 saturated carbocycles. The van der Waals surface area contributed by atoms with Crippen molar-refractivity contribution in [2.75, 3.05) is 26.2 Å². The third-order valence-electron chi connectivity index (χ3n) is 5.29. The van der Waals surface area contributed by atoms with Crippen LogP contribution in [-0.4, -0.2) is 57.8 Å². The van der Waals surface area contributed by atoms with Crippen LogP contribution in [0.2, 0.25) is 0 Å².